The van der Waals surface area contributed by atoms with Gasteiger partial charge in [-0.3, -0.25) is 0 Å². The maximum Gasteiger partial charge on any atom is 0.523 e. The zero-order chi connectivity index (χ0) is 13.3. The van der Waals surface area contributed by atoms with E-state index < -0.39 is 13.1 Å². The van der Waals surface area contributed by atoms with Crippen molar-refractivity contribution in [1.82, 2.24) is 0 Å². The van der Waals surface area contributed by atoms with Gasteiger partial charge in [0.25, 0.3) is 0 Å². The lowest BCUT2D eigenvalue weighted by Crippen LogP contribution is -2.31. The molecule has 1 aliphatic rings. The Morgan fingerprint density at radius 3 is 2.89 bits per heavy atom. The molecule has 1 aliphatic heterocycles. The van der Waals surface area contributed by atoms with Gasteiger partial charge < -0.3 is 19.9 Å². The first-order valence-electron chi connectivity index (χ1n) is 5.87. The van der Waals surface area contributed by atoms with Crippen LogP contribution in [0, 0.1) is 6.92 Å². The Morgan fingerprint density at radius 2 is 2.28 bits per heavy atom. The summed E-state index contributed by atoms with van der Waals surface area (Å²) in [6.45, 7) is 1.68. The van der Waals surface area contributed by atoms with Crippen LogP contribution in [-0.4, -0.2) is 34.9 Å². The van der Waals surface area contributed by atoms with E-state index in [4.69, 9.17) is 9.76 Å². The van der Waals surface area contributed by atoms with Crippen molar-refractivity contribution in [2.75, 3.05) is 6.61 Å². The van der Waals surface area contributed by atoms with E-state index in [0.717, 1.165) is 5.56 Å². The smallest absolute Gasteiger partial charge is 0.523 e. The highest BCUT2D eigenvalue weighted by Gasteiger charge is 2.34. The minimum atomic E-state index is -1.07. The Kier molecular flexibility index (Phi) is 3.59. The predicted octanol–water partition coefficient (Wildman–Crippen LogP) is 1.03. The molecule has 0 saturated heterocycles. The van der Waals surface area contributed by atoms with Crippen LogP contribution in [0.4, 0.5) is 0 Å². The quantitative estimate of drug-likeness (QED) is 0.697. The molecule has 1 heterocycles. The minimum Gasteiger partial charge on any atom is -0.535 e. The first kappa shape index (κ1) is 12.9. The number of aromatic carboxylic acids is 1. The molecule has 0 aromatic heterocycles. The van der Waals surface area contributed by atoms with E-state index in [0.29, 0.717) is 18.3 Å². The second-order valence-corrected chi connectivity index (χ2v) is 4.50. The number of carbonyl (C=O) groups is 1. The second kappa shape index (κ2) is 5.00. The van der Waals surface area contributed by atoms with Crippen molar-refractivity contribution < 1.29 is 24.7 Å². The molecule has 5 nitrogen and oxygen atoms in total. The summed E-state index contributed by atoms with van der Waals surface area (Å²) in [5, 5.41) is 27.9. The van der Waals surface area contributed by atoms with E-state index in [-0.39, 0.29) is 23.8 Å². The van der Waals surface area contributed by atoms with Gasteiger partial charge in [-0.25, -0.2) is 4.79 Å². The highest BCUT2D eigenvalue weighted by atomic mass is 16.5. The summed E-state index contributed by atoms with van der Waals surface area (Å²) in [4.78, 5) is 11.3. The van der Waals surface area contributed by atoms with Gasteiger partial charge in [0, 0.05) is 12.9 Å². The van der Waals surface area contributed by atoms with Crippen LogP contribution in [0.5, 0.6) is 5.75 Å². The number of rotatable bonds is 3. The topological polar surface area (TPSA) is 87.0 Å². The summed E-state index contributed by atoms with van der Waals surface area (Å²) >= 11 is 0. The number of aliphatic hydroxyl groups is 1. The maximum atomic E-state index is 11.3. The maximum absolute atomic E-state index is 11.3. The van der Waals surface area contributed by atoms with E-state index in [1.54, 1.807) is 13.0 Å². The Labute approximate surface area is 105 Å². The van der Waals surface area contributed by atoms with Gasteiger partial charge in [0.1, 0.15) is 11.3 Å². The fraction of sp³-hybridized carbons (Fsp3) is 0.417. The zero-order valence-electron chi connectivity index (χ0n) is 10.1. The number of carboxylic acid groups (broad SMARTS) is 1. The fourth-order valence-corrected chi connectivity index (χ4v) is 2.40. The first-order chi connectivity index (χ1) is 8.54. The van der Waals surface area contributed by atoms with Crippen LogP contribution in [0.2, 0.25) is 6.32 Å². The predicted molar refractivity (Wildman–Crippen MR) is 66.0 cm³/mol. The number of aliphatic hydroxyl groups excluding tert-OH is 1. The lowest BCUT2D eigenvalue weighted by atomic mass is 9.70. The highest BCUT2D eigenvalue weighted by molar-refractivity contribution is 6.44. The number of benzene rings is 1. The van der Waals surface area contributed by atoms with Crippen molar-refractivity contribution in [1.29, 1.82) is 0 Å². The number of hydrogen-bond donors (Lipinski definition) is 3. The summed E-state index contributed by atoms with van der Waals surface area (Å²) in [7, 11) is -1.02. The minimum absolute atomic E-state index is 0.00684. The lowest BCUT2D eigenvalue weighted by molar-refractivity contribution is 0.0693. The zero-order valence-corrected chi connectivity index (χ0v) is 10.1. The van der Waals surface area contributed by atoms with Crippen LogP contribution in [0.15, 0.2) is 12.1 Å². The molecule has 0 aliphatic carbocycles. The second-order valence-electron chi connectivity index (χ2n) is 4.50. The van der Waals surface area contributed by atoms with Crippen molar-refractivity contribution in [3.8, 4) is 5.75 Å². The van der Waals surface area contributed by atoms with Crippen LogP contribution in [-0.2, 0) is 0 Å². The lowest BCUT2D eigenvalue weighted by Gasteiger charge is -2.28. The van der Waals surface area contributed by atoms with Crippen molar-refractivity contribution in [2.24, 2.45) is 0 Å². The van der Waals surface area contributed by atoms with Gasteiger partial charge in [-0.05, 0) is 30.4 Å². The van der Waals surface area contributed by atoms with Gasteiger partial charge in [-0.15, -0.1) is 0 Å². The summed E-state index contributed by atoms with van der Waals surface area (Å²) in [6.07, 6.45) is 0.852. The standard InChI is InChI=1S/C12H15BO5/c1-7-2-3-9-8(4-5-14)6-13(17)18-11(9)10(7)12(15)16/h2-3,8,14,17H,4-6H2,1H3,(H,15,16). The molecule has 18 heavy (non-hydrogen) atoms. The molecule has 2 rings (SSSR count). The molecule has 96 valence electrons. The van der Waals surface area contributed by atoms with E-state index in [1.807, 2.05) is 6.07 Å². The van der Waals surface area contributed by atoms with Gasteiger partial charge in [-0.1, -0.05) is 12.1 Å². The van der Waals surface area contributed by atoms with E-state index in [1.165, 1.54) is 0 Å². The summed E-state index contributed by atoms with van der Waals surface area (Å²) in [5.74, 6) is -0.909. The third kappa shape index (κ3) is 2.21. The largest absolute Gasteiger partial charge is 0.535 e. The van der Waals surface area contributed by atoms with Crippen LogP contribution in [0.3, 0.4) is 0 Å². The molecular weight excluding hydrogens is 235 g/mol. The fourth-order valence-electron chi connectivity index (χ4n) is 2.40. The molecule has 1 atom stereocenters. The van der Waals surface area contributed by atoms with Crippen molar-refractivity contribution >= 4 is 13.1 Å². The Balaban J connectivity index is 2.54. The van der Waals surface area contributed by atoms with Gasteiger partial charge in [0.2, 0.25) is 0 Å². The third-order valence-corrected chi connectivity index (χ3v) is 3.27. The first-order valence-corrected chi connectivity index (χ1v) is 5.87. The van der Waals surface area contributed by atoms with Gasteiger partial charge in [-0.2, -0.15) is 0 Å². The molecule has 3 N–H and O–H groups in total. The molecular formula is C12H15BO5. The van der Waals surface area contributed by atoms with Crippen molar-refractivity contribution in [2.45, 2.75) is 25.6 Å². The molecule has 1 unspecified atom stereocenters. The van der Waals surface area contributed by atoms with Crippen molar-refractivity contribution in [3.63, 3.8) is 0 Å². The average molecular weight is 250 g/mol. The summed E-state index contributed by atoms with van der Waals surface area (Å²) in [6, 6.07) is 3.54. The molecule has 0 amide bonds. The molecule has 6 heteroatoms. The SMILES string of the molecule is Cc1ccc2c(c1C(=O)O)OB(O)CC2CCO. The average Bonchev–Trinajstić information content (AvgIpc) is 2.27. The van der Waals surface area contributed by atoms with E-state index in [9.17, 15) is 14.9 Å². The van der Waals surface area contributed by atoms with E-state index >= 15 is 0 Å². The molecule has 1 aromatic rings. The highest BCUT2D eigenvalue weighted by Crippen LogP contribution is 2.40. The summed E-state index contributed by atoms with van der Waals surface area (Å²) < 4.78 is 5.27. The van der Waals surface area contributed by atoms with Crippen LogP contribution in [0.1, 0.15) is 33.8 Å². The van der Waals surface area contributed by atoms with Crippen LogP contribution >= 0.6 is 0 Å². The van der Waals surface area contributed by atoms with Crippen LogP contribution < -0.4 is 4.65 Å². The number of carboxylic acids is 1. The number of fused-ring (bicyclic) bond motifs is 1. The molecule has 0 spiro atoms. The molecule has 1 aromatic carbocycles. The Hall–Kier alpha value is -1.53. The van der Waals surface area contributed by atoms with Gasteiger partial charge in [0.15, 0.2) is 0 Å². The van der Waals surface area contributed by atoms with Crippen molar-refractivity contribution in [3.05, 3.63) is 28.8 Å². The number of aryl methyl sites for hydroxylation is 1. The Bertz CT molecular complexity index is 474. The molecule has 0 radical (unpaired) electrons. The monoisotopic (exact) mass is 250 g/mol. The van der Waals surface area contributed by atoms with Gasteiger partial charge >= 0.3 is 13.1 Å². The molecule has 0 bridgehead atoms. The molecule has 0 saturated carbocycles. The normalized spacial score (nSPS) is 18.2. The van der Waals surface area contributed by atoms with Crippen LogP contribution in [0.25, 0.3) is 0 Å². The third-order valence-electron chi connectivity index (χ3n) is 3.27. The number of hydrogen-bond acceptors (Lipinski definition) is 4. The molecule has 0 fully saturated rings. The van der Waals surface area contributed by atoms with Gasteiger partial charge in [0.05, 0.1) is 0 Å². The Morgan fingerprint density at radius 1 is 1.56 bits per heavy atom. The summed E-state index contributed by atoms with van der Waals surface area (Å²) in [5.41, 5.74) is 1.43. The van der Waals surface area contributed by atoms with E-state index in [2.05, 4.69) is 0 Å².